The van der Waals surface area contributed by atoms with Crippen LogP contribution in [-0.4, -0.2) is 23.1 Å². The van der Waals surface area contributed by atoms with Gasteiger partial charge in [0, 0.05) is 24.7 Å². The first kappa shape index (κ1) is 11.3. The first-order chi connectivity index (χ1) is 7.27. The molecule has 1 aromatic rings. The highest BCUT2D eigenvalue weighted by Gasteiger charge is 2.03. The minimum atomic E-state index is 0.486. The molecule has 0 unspecified atom stereocenters. The third kappa shape index (κ3) is 3.47. The second-order valence-electron chi connectivity index (χ2n) is 3.01. The predicted molar refractivity (Wildman–Crippen MR) is 59.9 cm³/mol. The normalized spacial score (nSPS) is 9.40. The summed E-state index contributed by atoms with van der Waals surface area (Å²) in [5.74, 6) is 3.69. The lowest BCUT2D eigenvalue weighted by Gasteiger charge is -2.08. The van der Waals surface area contributed by atoms with Crippen molar-refractivity contribution in [2.45, 2.75) is 20.3 Å². The van der Waals surface area contributed by atoms with Crippen LogP contribution in [-0.2, 0) is 0 Å². The molecule has 1 N–H and O–H groups in total. The van der Waals surface area contributed by atoms with Crippen molar-refractivity contribution in [1.82, 2.24) is 9.97 Å². The number of nitrogens with one attached hydrogen (secondary N) is 1. The zero-order chi connectivity index (χ0) is 11.1. The van der Waals surface area contributed by atoms with Gasteiger partial charge in [0.25, 0.3) is 0 Å². The number of rotatable bonds is 5. The van der Waals surface area contributed by atoms with E-state index in [1.54, 1.807) is 6.20 Å². The molecule has 0 aliphatic rings. The molecule has 0 saturated carbocycles. The van der Waals surface area contributed by atoms with Gasteiger partial charge in [-0.25, -0.2) is 4.98 Å². The zero-order valence-electron chi connectivity index (χ0n) is 9.08. The molecule has 0 radical (unpaired) electrons. The van der Waals surface area contributed by atoms with Crippen LogP contribution in [0.25, 0.3) is 0 Å². The van der Waals surface area contributed by atoms with Crippen LogP contribution in [0.4, 0.5) is 5.95 Å². The summed E-state index contributed by atoms with van der Waals surface area (Å²) >= 11 is 0. The summed E-state index contributed by atoms with van der Waals surface area (Å²) in [4.78, 5) is 8.34. The smallest absolute Gasteiger partial charge is 0.225 e. The highest BCUT2D eigenvalue weighted by molar-refractivity contribution is 5.32. The van der Waals surface area contributed by atoms with Crippen molar-refractivity contribution < 1.29 is 4.74 Å². The highest BCUT2D eigenvalue weighted by Crippen LogP contribution is 2.15. The quantitative estimate of drug-likeness (QED) is 0.586. The standard InChI is InChI=1S/C11H15N3O/c1-4-6-7-15-10-9(3)8-13-11(14-10)12-5-2/h1,8H,5-7H2,2-3H3,(H,12,13,14). The Morgan fingerprint density at radius 2 is 2.40 bits per heavy atom. The van der Waals surface area contributed by atoms with Crippen molar-refractivity contribution in [1.29, 1.82) is 0 Å². The van der Waals surface area contributed by atoms with Crippen molar-refractivity contribution >= 4 is 5.95 Å². The Balaban J connectivity index is 2.68. The molecule has 0 saturated heterocycles. The molecule has 0 amide bonds. The SMILES string of the molecule is C#CCCOc1nc(NCC)ncc1C. The van der Waals surface area contributed by atoms with Crippen LogP contribution >= 0.6 is 0 Å². The van der Waals surface area contributed by atoms with Crippen molar-refractivity contribution in [2.75, 3.05) is 18.5 Å². The maximum Gasteiger partial charge on any atom is 0.225 e. The van der Waals surface area contributed by atoms with E-state index in [0.29, 0.717) is 24.9 Å². The third-order valence-electron chi connectivity index (χ3n) is 1.75. The lowest BCUT2D eigenvalue weighted by atomic mass is 10.4. The van der Waals surface area contributed by atoms with Crippen molar-refractivity contribution in [3.8, 4) is 18.2 Å². The molecular formula is C11H15N3O. The Kier molecular flexibility index (Phi) is 4.42. The largest absolute Gasteiger partial charge is 0.476 e. The van der Waals surface area contributed by atoms with Crippen molar-refractivity contribution in [3.63, 3.8) is 0 Å². The summed E-state index contributed by atoms with van der Waals surface area (Å²) in [6, 6.07) is 0. The molecule has 4 nitrogen and oxygen atoms in total. The van der Waals surface area contributed by atoms with Gasteiger partial charge in [-0.05, 0) is 13.8 Å². The van der Waals surface area contributed by atoms with Crippen LogP contribution in [0, 0.1) is 19.3 Å². The average molecular weight is 205 g/mol. The molecule has 4 heteroatoms. The molecule has 0 aliphatic carbocycles. The summed E-state index contributed by atoms with van der Waals surface area (Å²) in [5, 5.41) is 3.02. The molecular weight excluding hydrogens is 190 g/mol. The maximum atomic E-state index is 5.43. The fourth-order valence-electron chi connectivity index (χ4n) is 1.02. The van der Waals surface area contributed by atoms with Gasteiger partial charge >= 0.3 is 0 Å². The fraction of sp³-hybridized carbons (Fsp3) is 0.455. The highest BCUT2D eigenvalue weighted by atomic mass is 16.5. The number of aryl methyl sites for hydroxylation is 1. The van der Waals surface area contributed by atoms with Gasteiger partial charge < -0.3 is 10.1 Å². The zero-order valence-corrected chi connectivity index (χ0v) is 9.08. The Bertz CT molecular complexity index is 357. The van der Waals surface area contributed by atoms with Gasteiger partial charge in [0.2, 0.25) is 11.8 Å². The number of aromatic nitrogens is 2. The number of ether oxygens (including phenoxy) is 1. The summed E-state index contributed by atoms with van der Waals surface area (Å²) in [7, 11) is 0. The van der Waals surface area contributed by atoms with Crippen LogP contribution in [0.5, 0.6) is 5.88 Å². The monoisotopic (exact) mass is 205 g/mol. The Morgan fingerprint density at radius 3 is 3.07 bits per heavy atom. The van der Waals surface area contributed by atoms with Crippen LogP contribution < -0.4 is 10.1 Å². The van der Waals surface area contributed by atoms with E-state index in [2.05, 4.69) is 21.2 Å². The molecule has 0 fully saturated rings. The second kappa shape index (κ2) is 5.86. The Labute approximate surface area is 90.1 Å². The van der Waals surface area contributed by atoms with E-state index in [9.17, 15) is 0 Å². The van der Waals surface area contributed by atoms with Crippen LogP contribution in [0.15, 0.2) is 6.20 Å². The van der Waals surface area contributed by atoms with E-state index < -0.39 is 0 Å². The summed E-state index contributed by atoms with van der Waals surface area (Å²) in [6.07, 6.45) is 7.45. The number of nitrogens with zero attached hydrogens (tertiary/aromatic N) is 2. The summed E-state index contributed by atoms with van der Waals surface area (Å²) in [6.45, 7) is 5.16. The van der Waals surface area contributed by atoms with E-state index in [0.717, 1.165) is 12.1 Å². The van der Waals surface area contributed by atoms with E-state index in [1.807, 2.05) is 13.8 Å². The first-order valence-corrected chi connectivity index (χ1v) is 4.91. The molecule has 1 aromatic heterocycles. The molecule has 0 bridgehead atoms. The molecule has 1 rings (SSSR count). The average Bonchev–Trinajstić information content (AvgIpc) is 2.23. The molecule has 0 atom stereocenters. The number of hydrogen-bond donors (Lipinski definition) is 1. The molecule has 15 heavy (non-hydrogen) atoms. The predicted octanol–water partition coefficient (Wildman–Crippen LogP) is 1.62. The van der Waals surface area contributed by atoms with Gasteiger partial charge in [-0.1, -0.05) is 0 Å². The minimum Gasteiger partial charge on any atom is -0.476 e. The van der Waals surface area contributed by atoms with Gasteiger partial charge in [0.1, 0.15) is 6.61 Å². The summed E-state index contributed by atoms with van der Waals surface area (Å²) < 4.78 is 5.43. The first-order valence-electron chi connectivity index (χ1n) is 4.91. The minimum absolute atomic E-state index is 0.486. The van der Waals surface area contributed by atoms with Gasteiger partial charge in [-0.2, -0.15) is 4.98 Å². The fourth-order valence-corrected chi connectivity index (χ4v) is 1.02. The van der Waals surface area contributed by atoms with E-state index >= 15 is 0 Å². The van der Waals surface area contributed by atoms with Crippen LogP contribution in [0.2, 0.25) is 0 Å². The number of hydrogen-bond acceptors (Lipinski definition) is 4. The third-order valence-corrected chi connectivity index (χ3v) is 1.75. The van der Waals surface area contributed by atoms with Gasteiger partial charge in [0.15, 0.2) is 0 Å². The Hall–Kier alpha value is -1.76. The van der Waals surface area contributed by atoms with Gasteiger partial charge in [-0.15, -0.1) is 12.3 Å². The van der Waals surface area contributed by atoms with Crippen LogP contribution in [0.1, 0.15) is 18.9 Å². The number of anilines is 1. The topological polar surface area (TPSA) is 47.0 Å². The van der Waals surface area contributed by atoms with E-state index in [-0.39, 0.29) is 0 Å². The van der Waals surface area contributed by atoms with E-state index in [1.165, 1.54) is 0 Å². The van der Waals surface area contributed by atoms with Crippen molar-refractivity contribution in [2.24, 2.45) is 0 Å². The molecule has 0 aliphatic heterocycles. The Morgan fingerprint density at radius 1 is 1.60 bits per heavy atom. The van der Waals surface area contributed by atoms with Gasteiger partial charge in [-0.3, -0.25) is 0 Å². The molecule has 0 aromatic carbocycles. The van der Waals surface area contributed by atoms with E-state index in [4.69, 9.17) is 11.2 Å². The molecule has 0 spiro atoms. The lowest BCUT2D eigenvalue weighted by Crippen LogP contribution is -2.06. The van der Waals surface area contributed by atoms with Crippen molar-refractivity contribution in [3.05, 3.63) is 11.8 Å². The summed E-state index contributed by atoms with van der Waals surface area (Å²) in [5.41, 5.74) is 0.911. The maximum absolute atomic E-state index is 5.43. The molecule has 1 heterocycles. The molecule has 80 valence electrons. The van der Waals surface area contributed by atoms with Crippen LogP contribution in [0.3, 0.4) is 0 Å². The number of terminal acetylenes is 1. The second-order valence-corrected chi connectivity index (χ2v) is 3.01. The van der Waals surface area contributed by atoms with Gasteiger partial charge in [0.05, 0.1) is 0 Å². The lowest BCUT2D eigenvalue weighted by molar-refractivity contribution is 0.312.